The van der Waals surface area contributed by atoms with Gasteiger partial charge in [0, 0.05) is 24.8 Å². The lowest BCUT2D eigenvalue weighted by atomic mass is 10.1. The maximum absolute atomic E-state index is 12.9. The molecule has 1 aliphatic carbocycles. The normalized spacial score (nSPS) is 21.3. The molecule has 2 aliphatic rings. The van der Waals surface area contributed by atoms with Gasteiger partial charge in [-0.2, -0.15) is 0 Å². The van der Waals surface area contributed by atoms with E-state index in [4.69, 9.17) is 0 Å². The molecule has 2 fully saturated rings. The first-order valence-corrected chi connectivity index (χ1v) is 9.02. The summed E-state index contributed by atoms with van der Waals surface area (Å²) in [6.45, 7) is 2.80. The molecule has 25 heavy (non-hydrogen) atoms. The fourth-order valence-electron chi connectivity index (χ4n) is 3.67. The van der Waals surface area contributed by atoms with Crippen LogP contribution < -0.4 is 11.2 Å². The van der Waals surface area contributed by atoms with Crippen molar-refractivity contribution in [2.75, 3.05) is 6.54 Å². The van der Waals surface area contributed by atoms with Gasteiger partial charge in [0.2, 0.25) is 0 Å². The van der Waals surface area contributed by atoms with Crippen molar-refractivity contribution in [3.8, 4) is 0 Å². The van der Waals surface area contributed by atoms with Crippen LogP contribution in [0.5, 0.6) is 0 Å². The molecule has 1 saturated carbocycles. The second-order valence-corrected chi connectivity index (χ2v) is 7.15. The SMILES string of the molecule is C[C@@H]1CCCCCN1C(=O)c1cnc2c(c1)c(=O)[nH]c(=O)n2C1CC1. The van der Waals surface area contributed by atoms with Crippen LogP contribution in [-0.4, -0.2) is 37.9 Å². The van der Waals surface area contributed by atoms with E-state index in [2.05, 4.69) is 16.9 Å². The Morgan fingerprint density at radius 3 is 2.76 bits per heavy atom. The van der Waals surface area contributed by atoms with Crippen molar-refractivity contribution >= 4 is 16.9 Å². The summed E-state index contributed by atoms with van der Waals surface area (Å²) in [4.78, 5) is 45.8. The molecule has 1 amide bonds. The zero-order chi connectivity index (χ0) is 17.6. The molecular weight excluding hydrogens is 320 g/mol. The molecule has 1 aliphatic heterocycles. The second-order valence-electron chi connectivity index (χ2n) is 7.15. The quantitative estimate of drug-likeness (QED) is 0.902. The Labute approximate surface area is 144 Å². The van der Waals surface area contributed by atoms with Crippen molar-refractivity contribution in [2.24, 2.45) is 0 Å². The minimum absolute atomic E-state index is 0.0904. The van der Waals surface area contributed by atoms with E-state index in [1.807, 2.05) is 4.90 Å². The molecule has 7 heteroatoms. The van der Waals surface area contributed by atoms with Crippen LogP contribution in [0.3, 0.4) is 0 Å². The second kappa shape index (κ2) is 6.13. The lowest BCUT2D eigenvalue weighted by Gasteiger charge is -2.27. The number of fused-ring (bicyclic) bond motifs is 1. The third kappa shape index (κ3) is 2.88. The summed E-state index contributed by atoms with van der Waals surface area (Å²) in [5, 5.41) is 0.305. The van der Waals surface area contributed by atoms with Gasteiger partial charge in [-0.15, -0.1) is 0 Å². The zero-order valence-electron chi connectivity index (χ0n) is 14.3. The first-order chi connectivity index (χ1) is 12.1. The highest BCUT2D eigenvalue weighted by Gasteiger charge is 2.28. The molecule has 0 aromatic carbocycles. The van der Waals surface area contributed by atoms with Crippen LogP contribution in [0.1, 0.15) is 61.8 Å². The molecule has 3 heterocycles. The van der Waals surface area contributed by atoms with Crippen molar-refractivity contribution in [1.29, 1.82) is 0 Å². The van der Waals surface area contributed by atoms with Crippen LogP contribution in [0.2, 0.25) is 0 Å². The number of carbonyl (C=O) groups is 1. The van der Waals surface area contributed by atoms with Crippen molar-refractivity contribution in [3.63, 3.8) is 0 Å². The van der Waals surface area contributed by atoms with E-state index in [-0.39, 0.29) is 18.0 Å². The van der Waals surface area contributed by atoms with Gasteiger partial charge >= 0.3 is 5.69 Å². The van der Waals surface area contributed by atoms with Gasteiger partial charge < -0.3 is 4.90 Å². The third-order valence-electron chi connectivity index (χ3n) is 5.25. The number of nitrogens with one attached hydrogen (secondary N) is 1. The lowest BCUT2D eigenvalue weighted by molar-refractivity contribution is 0.0697. The van der Waals surface area contributed by atoms with Gasteiger partial charge in [0.05, 0.1) is 10.9 Å². The number of nitrogens with zero attached hydrogens (tertiary/aromatic N) is 3. The molecule has 2 aromatic rings. The number of aromatic amines is 1. The fraction of sp³-hybridized carbons (Fsp3) is 0.556. The number of likely N-dealkylation sites (tertiary alicyclic amines) is 1. The molecule has 7 nitrogen and oxygen atoms in total. The lowest BCUT2D eigenvalue weighted by Crippen LogP contribution is -2.38. The number of carbonyl (C=O) groups excluding carboxylic acids is 1. The number of H-pyrrole nitrogens is 1. The molecule has 1 N–H and O–H groups in total. The molecule has 0 bridgehead atoms. The van der Waals surface area contributed by atoms with E-state index in [1.165, 1.54) is 6.20 Å². The Morgan fingerprint density at radius 2 is 2.00 bits per heavy atom. The Kier molecular flexibility index (Phi) is 3.94. The highest BCUT2D eigenvalue weighted by Crippen LogP contribution is 2.34. The van der Waals surface area contributed by atoms with E-state index in [1.54, 1.807) is 10.6 Å². The molecule has 0 unspecified atom stereocenters. The van der Waals surface area contributed by atoms with Gasteiger partial charge in [-0.3, -0.25) is 19.1 Å². The van der Waals surface area contributed by atoms with Crippen LogP contribution in [-0.2, 0) is 0 Å². The maximum Gasteiger partial charge on any atom is 0.330 e. The molecule has 2 aromatic heterocycles. The predicted molar refractivity (Wildman–Crippen MR) is 93.9 cm³/mol. The van der Waals surface area contributed by atoms with Crippen LogP contribution in [0, 0.1) is 0 Å². The summed E-state index contributed by atoms with van der Waals surface area (Å²) in [5.74, 6) is -0.0904. The minimum Gasteiger partial charge on any atom is -0.336 e. The van der Waals surface area contributed by atoms with E-state index in [9.17, 15) is 14.4 Å². The smallest absolute Gasteiger partial charge is 0.330 e. The van der Waals surface area contributed by atoms with Gasteiger partial charge in [-0.1, -0.05) is 12.8 Å². The van der Waals surface area contributed by atoms with Gasteiger partial charge in [0.1, 0.15) is 5.65 Å². The minimum atomic E-state index is -0.483. The summed E-state index contributed by atoms with van der Waals surface area (Å²) in [7, 11) is 0. The standard InChI is InChI=1S/C18H22N4O3/c1-11-5-3-2-4-8-21(11)17(24)12-9-14-15(19-10-12)22(13-6-7-13)18(25)20-16(14)23/h9-11,13H,2-8H2,1H3,(H,20,23,25)/t11-/m1/s1. The number of amides is 1. The first-order valence-electron chi connectivity index (χ1n) is 9.02. The largest absolute Gasteiger partial charge is 0.336 e. The number of hydrogen-bond acceptors (Lipinski definition) is 4. The predicted octanol–water partition coefficient (Wildman–Crippen LogP) is 1.82. The molecule has 1 atom stereocenters. The van der Waals surface area contributed by atoms with Gasteiger partial charge in [-0.05, 0) is 38.7 Å². The summed E-state index contributed by atoms with van der Waals surface area (Å²) >= 11 is 0. The van der Waals surface area contributed by atoms with Gasteiger partial charge in [0.15, 0.2) is 0 Å². The first kappa shape index (κ1) is 16.1. The van der Waals surface area contributed by atoms with Crippen molar-refractivity contribution in [3.05, 3.63) is 38.7 Å². The Morgan fingerprint density at radius 1 is 1.20 bits per heavy atom. The fourth-order valence-corrected chi connectivity index (χ4v) is 3.67. The highest BCUT2D eigenvalue weighted by molar-refractivity contribution is 5.97. The zero-order valence-corrected chi connectivity index (χ0v) is 14.3. The van der Waals surface area contributed by atoms with Crippen LogP contribution in [0.4, 0.5) is 0 Å². The molecule has 1 saturated heterocycles. The van der Waals surface area contributed by atoms with Crippen LogP contribution in [0.15, 0.2) is 21.9 Å². The van der Waals surface area contributed by atoms with E-state index in [0.29, 0.717) is 16.6 Å². The number of aromatic nitrogens is 3. The highest BCUT2D eigenvalue weighted by atomic mass is 16.2. The number of rotatable bonds is 2. The third-order valence-corrected chi connectivity index (χ3v) is 5.25. The van der Waals surface area contributed by atoms with E-state index < -0.39 is 11.2 Å². The number of pyridine rings is 1. The summed E-state index contributed by atoms with van der Waals surface area (Å²) in [6.07, 6.45) is 7.59. The van der Waals surface area contributed by atoms with Crippen molar-refractivity contribution in [1.82, 2.24) is 19.4 Å². The molecule has 4 rings (SSSR count). The number of hydrogen-bond donors (Lipinski definition) is 1. The van der Waals surface area contributed by atoms with Crippen molar-refractivity contribution < 1.29 is 4.79 Å². The Bertz CT molecular complexity index is 941. The van der Waals surface area contributed by atoms with Crippen LogP contribution in [0.25, 0.3) is 11.0 Å². The Balaban J connectivity index is 1.77. The van der Waals surface area contributed by atoms with E-state index in [0.717, 1.165) is 45.1 Å². The van der Waals surface area contributed by atoms with Gasteiger partial charge in [0.25, 0.3) is 11.5 Å². The van der Waals surface area contributed by atoms with Crippen LogP contribution >= 0.6 is 0 Å². The average Bonchev–Trinajstić information content (AvgIpc) is 3.42. The summed E-state index contributed by atoms with van der Waals surface area (Å²) in [6, 6.07) is 1.87. The monoisotopic (exact) mass is 342 g/mol. The maximum atomic E-state index is 12.9. The average molecular weight is 342 g/mol. The topological polar surface area (TPSA) is 88.1 Å². The van der Waals surface area contributed by atoms with Gasteiger partial charge in [-0.25, -0.2) is 9.78 Å². The molecule has 0 radical (unpaired) electrons. The molecule has 132 valence electrons. The van der Waals surface area contributed by atoms with Crippen molar-refractivity contribution in [2.45, 2.75) is 57.5 Å². The molecular formula is C18H22N4O3. The Hall–Kier alpha value is -2.44. The van der Waals surface area contributed by atoms with E-state index >= 15 is 0 Å². The summed E-state index contributed by atoms with van der Waals surface area (Å²) < 4.78 is 1.54. The summed E-state index contributed by atoms with van der Waals surface area (Å²) in [5.41, 5.74) is -0.125. The molecule has 0 spiro atoms.